The van der Waals surface area contributed by atoms with Crippen LogP contribution in [-0.2, 0) is 21.1 Å². The molecule has 0 aliphatic rings. The first kappa shape index (κ1) is 14.7. The summed E-state index contributed by atoms with van der Waals surface area (Å²) in [6.07, 6.45) is 1.41. The number of sulfone groups is 1. The summed E-state index contributed by atoms with van der Waals surface area (Å²) in [5.41, 5.74) is 1.01. The van der Waals surface area contributed by atoms with Crippen LogP contribution >= 0.6 is 0 Å². The van der Waals surface area contributed by atoms with Crippen molar-refractivity contribution < 1.29 is 17.9 Å². The molecule has 0 radical (unpaired) electrons. The number of rotatable bonds is 6. The molecule has 0 spiro atoms. The smallest absolute Gasteiger partial charge is 0.341 e. The predicted octanol–water partition coefficient (Wildman–Crippen LogP) is 0.803. The molecular formula is C11H18N2O4S. The molecule has 0 unspecified atom stereocenters. The van der Waals surface area contributed by atoms with Crippen LogP contribution in [0.2, 0.25) is 0 Å². The Bertz CT molecular complexity index is 519. The third-order valence-corrected chi connectivity index (χ3v) is 4.34. The van der Waals surface area contributed by atoms with E-state index in [0.29, 0.717) is 17.9 Å². The Morgan fingerprint density at radius 2 is 2.11 bits per heavy atom. The van der Waals surface area contributed by atoms with E-state index in [4.69, 9.17) is 4.74 Å². The predicted molar refractivity (Wildman–Crippen MR) is 67.2 cm³/mol. The lowest BCUT2D eigenvalue weighted by Crippen LogP contribution is -2.16. The van der Waals surface area contributed by atoms with Gasteiger partial charge in [0.25, 0.3) is 0 Å². The van der Waals surface area contributed by atoms with E-state index in [1.165, 1.54) is 10.9 Å². The topological polar surface area (TPSA) is 78.3 Å². The number of carbonyl (C=O) groups is 1. The summed E-state index contributed by atoms with van der Waals surface area (Å²) in [4.78, 5) is 11.5. The fourth-order valence-corrected chi connectivity index (χ4v) is 2.19. The lowest BCUT2D eigenvalue weighted by atomic mass is 10.3. The Hall–Kier alpha value is -1.37. The summed E-state index contributed by atoms with van der Waals surface area (Å²) in [5, 5.41) is 4.01. The molecule has 1 rings (SSSR count). The molecule has 7 heteroatoms. The van der Waals surface area contributed by atoms with Crippen LogP contribution in [0.15, 0.2) is 6.20 Å². The van der Waals surface area contributed by atoms with Gasteiger partial charge in [-0.1, -0.05) is 6.92 Å². The van der Waals surface area contributed by atoms with E-state index in [9.17, 15) is 13.2 Å². The molecule has 1 aromatic heterocycles. The average Bonchev–Trinajstić information content (AvgIpc) is 2.69. The van der Waals surface area contributed by atoms with Crippen LogP contribution in [0.1, 0.15) is 29.9 Å². The largest absolute Gasteiger partial charge is 0.462 e. The Balaban J connectivity index is 2.78. The first-order valence-electron chi connectivity index (χ1n) is 5.81. The van der Waals surface area contributed by atoms with Crippen molar-refractivity contribution in [2.24, 2.45) is 0 Å². The fourth-order valence-electron chi connectivity index (χ4n) is 1.45. The maximum atomic E-state index is 11.5. The van der Waals surface area contributed by atoms with Gasteiger partial charge in [0.2, 0.25) is 0 Å². The van der Waals surface area contributed by atoms with Gasteiger partial charge < -0.3 is 4.74 Å². The average molecular weight is 274 g/mol. The maximum Gasteiger partial charge on any atom is 0.341 e. The summed E-state index contributed by atoms with van der Waals surface area (Å²) in [5.74, 6) is -0.300. The number of hydrogen-bond donors (Lipinski definition) is 0. The number of carbonyl (C=O) groups excluding carboxylic acids is 1. The number of nitrogens with zero attached hydrogens (tertiary/aromatic N) is 2. The lowest BCUT2D eigenvalue weighted by molar-refractivity contribution is 0.0525. The molecule has 0 atom stereocenters. The van der Waals surface area contributed by atoms with E-state index in [-0.39, 0.29) is 18.1 Å². The molecule has 0 aliphatic heterocycles. The van der Waals surface area contributed by atoms with E-state index in [0.717, 1.165) is 0 Å². The highest BCUT2D eigenvalue weighted by Gasteiger charge is 2.16. The van der Waals surface area contributed by atoms with Crippen LogP contribution in [0.5, 0.6) is 0 Å². The second-order valence-electron chi connectivity index (χ2n) is 3.82. The molecule has 0 amide bonds. The van der Waals surface area contributed by atoms with Gasteiger partial charge in [-0.15, -0.1) is 0 Å². The highest BCUT2D eigenvalue weighted by molar-refractivity contribution is 7.91. The Morgan fingerprint density at radius 1 is 1.44 bits per heavy atom. The van der Waals surface area contributed by atoms with Gasteiger partial charge >= 0.3 is 5.97 Å². The van der Waals surface area contributed by atoms with E-state index in [1.54, 1.807) is 20.8 Å². The highest BCUT2D eigenvalue weighted by atomic mass is 32.2. The van der Waals surface area contributed by atoms with Crippen molar-refractivity contribution in [2.45, 2.75) is 27.3 Å². The molecule has 0 fully saturated rings. The minimum Gasteiger partial charge on any atom is -0.462 e. The van der Waals surface area contributed by atoms with Gasteiger partial charge in [0.05, 0.1) is 25.1 Å². The highest BCUT2D eigenvalue weighted by Crippen LogP contribution is 2.09. The molecule has 0 aromatic carbocycles. The molecule has 6 nitrogen and oxygen atoms in total. The van der Waals surface area contributed by atoms with Crippen molar-refractivity contribution >= 4 is 15.8 Å². The van der Waals surface area contributed by atoms with Crippen LogP contribution in [0.3, 0.4) is 0 Å². The first-order chi connectivity index (χ1) is 8.41. The van der Waals surface area contributed by atoms with Crippen molar-refractivity contribution in [2.75, 3.05) is 18.1 Å². The monoisotopic (exact) mass is 274 g/mol. The van der Waals surface area contributed by atoms with E-state index < -0.39 is 15.8 Å². The normalized spacial score (nSPS) is 11.5. The molecule has 0 saturated carbocycles. The van der Waals surface area contributed by atoms with Gasteiger partial charge in [-0.25, -0.2) is 13.2 Å². The Labute approximate surface area is 107 Å². The lowest BCUT2D eigenvalue weighted by Gasteiger charge is -2.05. The summed E-state index contributed by atoms with van der Waals surface area (Å²) in [7, 11) is -3.03. The minimum atomic E-state index is -3.03. The Morgan fingerprint density at radius 3 is 2.67 bits per heavy atom. The van der Waals surface area contributed by atoms with Crippen molar-refractivity contribution in [1.29, 1.82) is 0 Å². The zero-order chi connectivity index (χ0) is 13.8. The SMILES string of the molecule is CCOC(=O)c1cnn(CCS(=O)(=O)CC)c1C. The third-order valence-electron chi connectivity index (χ3n) is 2.65. The van der Waals surface area contributed by atoms with Crippen LogP contribution in [-0.4, -0.2) is 42.3 Å². The second kappa shape index (κ2) is 5.99. The molecule has 18 heavy (non-hydrogen) atoms. The summed E-state index contributed by atoms with van der Waals surface area (Å²) in [6, 6.07) is 0. The Kier molecular flexibility index (Phi) is 4.89. The number of esters is 1. The molecule has 1 heterocycles. The van der Waals surface area contributed by atoms with Gasteiger partial charge in [-0.2, -0.15) is 5.10 Å². The summed E-state index contributed by atoms with van der Waals surface area (Å²) >= 11 is 0. The first-order valence-corrected chi connectivity index (χ1v) is 7.63. The van der Waals surface area contributed by atoms with Gasteiger partial charge in [-0.3, -0.25) is 4.68 Å². The number of aryl methyl sites for hydroxylation is 1. The van der Waals surface area contributed by atoms with Gasteiger partial charge in [0.15, 0.2) is 9.84 Å². The number of aromatic nitrogens is 2. The number of hydrogen-bond acceptors (Lipinski definition) is 5. The van der Waals surface area contributed by atoms with Crippen LogP contribution in [0.25, 0.3) is 0 Å². The van der Waals surface area contributed by atoms with E-state index >= 15 is 0 Å². The molecule has 0 bridgehead atoms. The molecule has 102 valence electrons. The van der Waals surface area contributed by atoms with Crippen molar-refractivity contribution in [1.82, 2.24) is 9.78 Å². The quantitative estimate of drug-likeness (QED) is 0.717. The number of ether oxygens (including phenoxy) is 1. The van der Waals surface area contributed by atoms with Crippen LogP contribution < -0.4 is 0 Å². The second-order valence-corrected chi connectivity index (χ2v) is 6.30. The molecule has 0 aliphatic carbocycles. The van der Waals surface area contributed by atoms with Gasteiger partial charge in [0, 0.05) is 11.4 Å². The van der Waals surface area contributed by atoms with Crippen molar-refractivity contribution in [3.8, 4) is 0 Å². The maximum absolute atomic E-state index is 11.5. The van der Waals surface area contributed by atoms with E-state index in [1.807, 2.05) is 0 Å². The minimum absolute atomic E-state index is 0.0221. The standard InChI is InChI=1S/C11H18N2O4S/c1-4-17-11(14)10-8-12-13(9(10)3)6-7-18(15,16)5-2/h8H,4-7H2,1-3H3. The van der Waals surface area contributed by atoms with Gasteiger partial charge in [-0.05, 0) is 13.8 Å². The zero-order valence-corrected chi connectivity index (χ0v) is 11.7. The summed E-state index contributed by atoms with van der Waals surface area (Å²) in [6.45, 7) is 5.60. The molecule has 1 aromatic rings. The van der Waals surface area contributed by atoms with Crippen molar-refractivity contribution in [3.63, 3.8) is 0 Å². The van der Waals surface area contributed by atoms with Crippen LogP contribution in [0, 0.1) is 6.92 Å². The third kappa shape index (κ3) is 3.56. The molecule has 0 saturated heterocycles. The summed E-state index contributed by atoms with van der Waals surface area (Å²) < 4.78 is 29.2. The van der Waals surface area contributed by atoms with Crippen LogP contribution in [0.4, 0.5) is 0 Å². The van der Waals surface area contributed by atoms with E-state index in [2.05, 4.69) is 5.10 Å². The van der Waals surface area contributed by atoms with Gasteiger partial charge in [0.1, 0.15) is 5.56 Å². The zero-order valence-electron chi connectivity index (χ0n) is 10.8. The fraction of sp³-hybridized carbons (Fsp3) is 0.636. The molecular weight excluding hydrogens is 256 g/mol. The van der Waals surface area contributed by atoms with Crippen molar-refractivity contribution in [3.05, 3.63) is 17.5 Å². The molecule has 0 N–H and O–H groups in total.